The van der Waals surface area contributed by atoms with Gasteiger partial charge in [0.2, 0.25) is 5.91 Å². The van der Waals surface area contributed by atoms with Gasteiger partial charge in [-0.3, -0.25) is 14.9 Å². The van der Waals surface area contributed by atoms with Crippen LogP contribution in [0.2, 0.25) is 0 Å². The number of nitro benzene ring substituents is 1. The average Bonchev–Trinajstić information content (AvgIpc) is 2.57. The van der Waals surface area contributed by atoms with E-state index in [9.17, 15) is 14.9 Å². The molecule has 4 aliphatic carbocycles. The minimum Gasteiger partial charge on any atom is -0.339 e. The van der Waals surface area contributed by atoms with Gasteiger partial charge in [0.1, 0.15) is 0 Å². The molecular weight excluding hydrogens is 396 g/mol. The Hall–Kier alpha value is -1.43. The third kappa shape index (κ3) is 2.86. The summed E-state index contributed by atoms with van der Waals surface area (Å²) in [5.41, 5.74) is 0.634. The number of rotatable bonds is 4. The van der Waals surface area contributed by atoms with Gasteiger partial charge in [-0.2, -0.15) is 0 Å². The lowest BCUT2D eigenvalue weighted by Crippen LogP contribution is -2.58. The molecule has 5 rings (SSSR count). The van der Waals surface area contributed by atoms with Crippen molar-refractivity contribution < 1.29 is 9.72 Å². The van der Waals surface area contributed by atoms with Crippen LogP contribution in [0.4, 0.5) is 5.69 Å². The van der Waals surface area contributed by atoms with Crippen LogP contribution in [0.5, 0.6) is 0 Å². The van der Waals surface area contributed by atoms with Gasteiger partial charge in [-0.15, -0.1) is 0 Å². The molecule has 26 heavy (non-hydrogen) atoms. The number of carbonyl (C=O) groups is 1. The first kappa shape index (κ1) is 18.0. The van der Waals surface area contributed by atoms with E-state index in [0.29, 0.717) is 11.8 Å². The van der Waals surface area contributed by atoms with Crippen molar-refractivity contribution in [3.05, 3.63) is 39.9 Å². The molecule has 0 saturated heterocycles. The number of alkyl halides is 1. The number of amides is 1. The predicted molar refractivity (Wildman–Crippen MR) is 103 cm³/mol. The predicted octanol–water partition coefficient (Wildman–Crippen LogP) is 4.85. The molecule has 4 saturated carbocycles. The molecule has 1 aromatic rings. The fraction of sp³-hybridized carbons (Fsp3) is 0.650. The second-order valence-corrected chi connectivity index (χ2v) is 10.5. The number of hydrogen-bond donors (Lipinski definition) is 0. The molecule has 5 nitrogen and oxygen atoms in total. The zero-order valence-corrected chi connectivity index (χ0v) is 16.9. The lowest BCUT2D eigenvalue weighted by atomic mass is 9.49. The smallest absolute Gasteiger partial charge is 0.269 e. The summed E-state index contributed by atoms with van der Waals surface area (Å²) in [4.78, 5) is 26.0. The van der Waals surface area contributed by atoms with Gasteiger partial charge in [0.15, 0.2) is 0 Å². The Morgan fingerprint density at radius 2 is 1.96 bits per heavy atom. The molecule has 3 atom stereocenters. The van der Waals surface area contributed by atoms with Crippen LogP contribution in [-0.4, -0.2) is 27.1 Å². The van der Waals surface area contributed by atoms with Crippen molar-refractivity contribution in [3.8, 4) is 0 Å². The summed E-state index contributed by atoms with van der Waals surface area (Å²) in [7, 11) is 1.85. The molecule has 1 aromatic carbocycles. The van der Waals surface area contributed by atoms with Gasteiger partial charge in [0.05, 0.1) is 16.4 Å². The van der Waals surface area contributed by atoms with E-state index in [4.69, 9.17) is 0 Å². The Morgan fingerprint density at radius 3 is 2.54 bits per heavy atom. The lowest BCUT2D eigenvalue weighted by Gasteiger charge is -2.60. The van der Waals surface area contributed by atoms with Gasteiger partial charge in [-0.25, -0.2) is 0 Å². The van der Waals surface area contributed by atoms with Crippen molar-refractivity contribution in [1.82, 2.24) is 4.90 Å². The Balaban J connectivity index is 1.58. The number of non-ortho nitro benzene ring substituents is 1. The molecule has 4 aliphatic rings. The highest BCUT2D eigenvalue weighted by molar-refractivity contribution is 9.10. The Bertz CT molecular complexity index is 751. The Kier molecular flexibility index (Phi) is 4.17. The van der Waals surface area contributed by atoms with Gasteiger partial charge in [0.25, 0.3) is 5.69 Å². The molecule has 0 aromatic heterocycles. The zero-order valence-electron chi connectivity index (χ0n) is 15.3. The molecule has 0 heterocycles. The quantitative estimate of drug-likeness (QED) is 0.397. The topological polar surface area (TPSA) is 63.5 Å². The molecule has 0 aliphatic heterocycles. The highest BCUT2D eigenvalue weighted by Gasteiger charge is 2.60. The molecule has 1 amide bonds. The number of hydrogen-bond acceptors (Lipinski definition) is 3. The van der Waals surface area contributed by atoms with E-state index in [1.165, 1.54) is 25.3 Å². The third-order valence-corrected chi connectivity index (χ3v) is 7.84. The van der Waals surface area contributed by atoms with Crippen LogP contribution >= 0.6 is 15.9 Å². The Morgan fingerprint density at radius 1 is 1.31 bits per heavy atom. The standard InChI is InChI=1S/C20H25BrN2O3/c1-13(16-4-3-5-17(7-16)23(25)26)22(2)18(24)19-8-14-6-15(9-19)11-20(21,10-14)12-19/h3-5,7,13-15H,6,8-12H2,1-2H3. The SMILES string of the molecule is CC(c1cccc([N+](=O)[O-])c1)N(C)C(=O)C12CC3CC(CC(Br)(C3)C1)C2. The van der Waals surface area contributed by atoms with Crippen molar-refractivity contribution in [3.63, 3.8) is 0 Å². The largest absolute Gasteiger partial charge is 0.339 e. The number of nitro groups is 1. The Labute approximate surface area is 162 Å². The summed E-state index contributed by atoms with van der Waals surface area (Å²) in [5, 5.41) is 11.1. The number of halogens is 1. The van der Waals surface area contributed by atoms with E-state index < -0.39 is 0 Å². The first-order chi connectivity index (χ1) is 12.2. The van der Waals surface area contributed by atoms with Crippen molar-refractivity contribution in [2.24, 2.45) is 17.3 Å². The lowest BCUT2D eigenvalue weighted by molar-refractivity contribution is -0.384. The van der Waals surface area contributed by atoms with Gasteiger partial charge in [-0.05, 0) is 62.8 Å². The summed E-state index contributed by atoms with van der Waals surface area (Å²) < 4.78 is 0.141. The van der Waals surface area contributed by atoms with Crippen molar-refractivity contribution in [2.45, 2.75) is 55.8 Å². The van der Waals surface area contributed by atoms with E-state index in [2.05, 4.69) is 15.9 Å². The third-order valence-electron chi connectivity index (χ3n) is 6.91. The summed E-state index contributed by atoms with van der Waals surface area (Å²) in [6.07, 6.45) is 6.60. The van der Waals surface area contributed by atoms with E-state index in [1.807, 2.05) is 24.9 Å². The second-order valence-electron chi connectivity index (χ2n) is 8.84. The van der Waals surface area contributed by atoms with E-state index in [0.717, 1.165) is 24.8 Å². The fourth-order valence-electron chi connectivity index (χ4n) is 6.07. The minimum absolute atomic E-state index is 0.0735. The molecule has 0 radical (unpaired) electrons. The van der Waals surface area contributed by atoms with Gasteiger partial charge >= 0.3 is 0 Å². The highest BCUT2D eigenvalue weighted by Crippen LogP contribution is 2.65. The summed E-state index contributed by atoms with van der Waals surface area (Å²) in [5.74, 6) is 1.52. The average molecular weight is 421 g/mol. The van der Waals surface area contributed by atoms with Crippen LogP contribution < -0.4 is 0 Å². The monoisotopic (exact) mass is 420 g/mol. The van der Waals surface area contributed by atoms with E-state index in [-0.39, 0.29) is 32.3 Å². The second kappa shape index (κ2) is 6.04. The van der Waals surface area contributed by atoms with Gasteiger partial charge in [0, 0.05) is 23.5 Å². The maximum absolute atomic E-state index is 13.5. The molecule has 0 spiro atoms. The van der Waals surface area contributed by atoms with Crippen LogP contribution in [0, 0.1) is 27.4 Å². The number of carbonyl (C=O) groups excluding carboxylic acids is 1. The summed E-state index contributed by atoms with van der Waals surface area (Å²) in [6.45, 7) is 1.96. The van der Waals surface area contributed by atoms with Crippen LogP contribution in [0.25, 0.3) is 0 Å². The highest BCUT2D eigenvalue weighted by atomic mass is 79.9. The van der Waals surface area contributed by atoms with Crippen molar-refractivity contribution in [1.29, 1.82) is 0 Å². The fourth-order valence-corrected chi connectivity index (χ4v) is 7.53. The summed E-state index contributed by atoms with van der Waals surface area (Å²) >= 11 is 3.97. The maximum Gasteiger partial charge on any atom is 0.269 e. The van der Waals surface area contributed by atoms with Crippen LogP contribution in [-0.2, 0) is 4.79 Å². The van der Waals surface area contributed by atoms with Crippen LogP contribution in [0.1, 0.15) is 57.1 Å². The first-order valence-electron chi connectivity index (χ1n) is 9.42. The van der Waals surface area contributed by atoms with Crippen LogP contribution in [0.3, 0.4) is 0 Å². The minimum atomic E-state index is -0.383. The van der Waals surface area contributed by atoms with E-state index in [1.54, 1.807) is 12.1 Å². The normalized spacial score (nSPS) is 36.0. The molecule has 0 N–H and O–H groups in total. The molecule has 4 fully saturated rings. The molecule has 4 bridgehead atoms. The molecule has 3 unspecified atom stereocenters. The van der Waals surface area contributed by atoms with Gasteiger partial charge in [-0.1, -0.05) is 28.1 Å². The van der Waals surface area contributed by atoms with E-state index >= 15 is 0 Å². The molecular formula is C20H25BrN2O3. The zero-order chi connectivity index (χ0) is 18.7. The molecule has 140 valence electrons. The summed E-state index contributed by atoms with van der Waals surface area (Å²) in [6, 6.07) is 6.46. The van der Waals surface area contributed by atoms with Crippen molar-refractivity contribution in [2.75, 3.05) is 7.05 Å². The maximum atomic E-state index is 13.5. The first-order valence-corrected chi connectivity index (χ1v) is 10.2. The number of benzene rings is 1. The van der Waals surface area contributed by atoms with Crippen LogP contribution in [0.15, 0.2) is 24.3 Å². The number of nitrogens with zero attached hydrogens (tertiary/aromatic N) is 2. The molecule has 6 heteroatoms. The van der Waals surface area contributed by atoms with Gasteiger partial charge < -0.3 is 4.90 Å². The van der Waals surface area contributed by atoms with Crippen molar-refractivity contribution >= 4 is 27.5 Å².